The summed E-state index contributed by atoms with van der Waals surface area (Å²) in [5.74, 6) is 0. The van der Waals surface area contributed by atoms with Crippen molar-refractivity contribution in [1.82, 2.24) is 0 Å². The van der Waals surface area contributed by atoms with Gasteiger partial charge in [-0.2, -0.15) is 0 Å². The molecule has 1 atom stereocenters. The molecule has 0 saturated carbocycles. The van der Waals surface area contributed by atoms with E-state index in [4.69, 9.17) is 10.1 Å². The van der Waals surface area contributed by atoms with Gasteiger partial charge in [0.05, 0.1) is 5.71 Å². The molecule has 0 radical (unpaired) electrons. The van der Waals surface area contributed by atoms with Crippen molar-refractivity contribution in [3.8, 4) is 0 Å². The van der Waals surface area contributed by atoms with Crippen LogP contribution >= 0.6 is 0 Å². The molecule has 0 aliphatic carbocycles. The van der Waals surface area contributed by atoms with Crippen LogP contribution in [0.3, 0.4) is 0 Å². The van der Waals surface area contributed by atoms with Gasteiger partial charge >= 0.3 is 0 Å². The zero-order chi connectivity index (χ0) is 12.5. The van der Waals surface area contributed by atoms with E-state index in [1.165, 1.54) is 5.56 Å². The first-order chi connectivity index (χ1) is 8.24. The van der Waals surface area contributed by atoms with Crippen molar-refractivity contribution in [3.63, 3.8) is 0 Å². The van der Waals surface area contributed by atoms with E-state index in [0.29, 0.717) is 6.61 Å². The average Bonchev–Trinajstić information content (AvgIpc) is 2.36. The Morgan fingerprint density at radius 2 is 2.12 bits per heavy atom. The summed E-state index contributed by atoms with van der Waals surface area (Å²) < 4.78 is 4.90. The number of nitrogens with one attached hydrogen (secondary N) is 1. The first-order valence-electron chi connectivity index (χ1n) is 5.82. The van der Waals surface area contributed by atoms with Crippen molar-refractivity contribution in [2.24, 2.45) is 0 Å². The summed E-state index contributed by atoms with van der Waals surface area (Å²) in [5.41, 5.74) is 1.37. The number of hydrogen-bond acceptors (Lipinski definition) is 3. The Morgan fingerprint density at radius 1 is 1.41 bits per heavy atom. The number of ether oxygens (including phenoxy) is 1. The highest BCUT2D eigenvalue weighted by Crippen LogP contribution is 2.03. The van der Waals surface area contributed by atoms with Crippen LogP contribution in [-0.4, -0.2) is 23.7 Å². The van der Waals surface area contributed by atoms with Gasteiger partial charge in [-0.15, -0.1) is 0 Å². The van der Waals surface area contributed by atoms with Crippen LogP contribution in [0.5, 0.6) is 0 Å². The Kier molecular flexibility index (Phi) is 6.22. The summed E-state index contributed by atoms with van der Waals surface area (Å²) in [7, 11) is 0. The standard InChI is InChI=1S/C14H19NO2/c1-2-17-14(16)13(15)11-7-6-10-12-8-4-3-5-9-12/h3-5,7-9,11,14-16H,2,6,10H2,1H3/b11-7+,15-13?. The van der Waals surface area contributed by atoms with Crippen molar-refractivity contribution in [1.29, 1.82) is 5.41 Å². The molecular weight excluding hydrogens is 214 g/mol. The van der Waals surface area contributed by atoms with Gasteiger partial charge in [-0.25, -0.2) is 0 Å². The van der Waals surface area contributed by atoms with Gasteiger partial charge in [0.15, 0.2) is 6.29 Å². The number of aliphatic hydroxyl groups is 1. The predicted molar refractivity (Wildman–Crippen MR) is 69.3 cm³/mol. The fourth-order valence-electron chi connectivity index (χ4n) is 1.43. The van der Waals surface area contributed by atoms with Gasteiger partial charge in [0.25, 0.3) is 0 Å². The summed E-state index contributed by atoms with van der Waals surface area (Å²) in [4.78, 5) is 0. The Labute approximate surface area is 102 Å². The van der Waals surface area contributed by atoms with E-state index in [1.54, 1.807) is 13.0 Å². The maximum atomic E-state index is 9.34. The molecule has 0 aromatic heterocycles. The molecule has 1 aromatic carbocycles. The van der Waals surface area contributed by atoms with Gasteiger partial charge in [0.2, 0.25) is 0 Å². The molecule has 0 heterocycles. The normalized spacial score (nSPS) is 12.8. The molecular formula is C14H19NO2. The Bertz CT molecular complexity index is 360. The van der Waals surface area contributed by atoms with Crippen LogP contribution in [0.15, 0.2) is 42.5 Å². The van der Waals surface area contributed by atoms with Gasteiger partial charge in [0, 0.05) is 6.61 Å². The molecule has 0 bridgehead atoms. The predicted octanol–water partition coefficient (Wildman–Crippen LogP) is 2.55. The quantitative estimate of drug-likeness (QED) is 0.561. The zero-order valence-corrected chi connectivity index (χ0v) is 10.1. The highest BCUT2D eigenvalue weighted by molar-refractivity contribution is 5.94. The molecule has 3 heteroatoms. The number of aryl methyl sites for hydroxylation is 1. The van der Waals surface area contributed by atoms with E-state index in [9.17, 15) is 5.11 Å². The van der Waals surface area contributed by atoms with Crippen LogP contribution in [0.25, 0.3) is 0 Å². The van der Waals surface area contributed by atoms with Crippen LogP contribution in [0, 0.1) is 5.41 Å². The van der Waals surface area contributed by atoms with Crippen molar-refractivity contribution in [3.05, 3.63) is 48.0 Å². The van der Waals surface area contributed by atoms with Crippen molar-refractivity contribution >= 4 is 5.71 Å². The maximum absolute atomic E-state index is 9.34. The Morgan fingerprint density at radius 3 is 2.76 bits per heavy atom. The third-order valence-corrected chi connectivity index (χ3v) is 2.33. The van der Waals surface area contributed by atoms with Crippen molar-refractivity contribution in [2.75, 3.05) is 6.61 Å². The van der Waals surface area contributed by atoms with Gasteiger partial charge in [-0.1, -0.05) is 36.4 Å². The lowest BCUT2D eigenvalue weighted by Gasteiger charge is -2.08. The van der Waals surface area contributed by atoms with Gasteiger partial charge < -0.3 is 9.84 Å². The molecule has 0 amide bonds. The van der Waals surface area contributed by atoms with Crippen LogP contribution < -0.4 is 0 Å². The summed E-state index contributed by atoms with van der Waals surface area (Å²) in [5, 5.41) is 16.9. The highest BCUT2D eigenvalue weighted by Gasteiger charge is 2.05. The minimum atomic E-state index is -1.10. The van der Waals surface area contributed by atoms with Crippen LogP contribution in [0.4, 0.5) is 0 Å². The fourth-order valence-corrected chi connectivity index (χ4v) is 1.43. The lowest BCUT2D eigenvalue weighted by molar-refractivity contribution is -0.0437. The number of aliphatic hydroxyl groups excluding tert-OH is 1. The minimum Gasteiger partial charge on any atom is -0.363 e. The van der Waals surface area contributed by atoms with E-state index in [-0.39, 0.29) is 5.71 Å². The second kappa shape index (κ2) is 7.76. The number of hydrogen-bond donors (Lipinski definition) is 2. The smallest absolute Gasteiger partial charge is 0.197 e. The van der Waals surface area contributed by atoms with Crippen LogP contribution in [-0.2, 0) is 11.2 Å². The van der Waals surface area contributed by atoms with E-state index in [2.05, 4.69) is 12.1 Å². The van der Waals surface area contributed by atoms with Crippen LogP contribution in [0.2, 0.25) is 0 Å². The molecule has 0 fully saturated rings. The monoisotopic (exact) mass is 233 g/mol. The third kappa shape index (κ3) is 5.43. The van der Waals surface area contributed by atoms with E-state index in [1.807, 2.05) is 24.3 Å². The van der Waals surface area contributed by atoms with Gasteiger partial charge in [-0.3, -0.25) is 5.41 Å². The fraction of sp³-hybridized carbons (Fsp3) is 0.357. The second-order valence-electron chi connectivity index (χ2n) is 3.69. The summed E-state index contributed by atoms with van der Waals surface area (Å²) in [6, 6.07) is 10.2. The van der Waals surface area contributed by atoms with Gasteiger partial charge in [0.1, 0.15) is 0 Å². The minimum absolute atomic E-state index is 0.0971. The zero-order valence-electron chi connectivity index (χ0n) is 10.1. The highest BCUT2D eigenvalue weighted by atomic mass is 16.6. The third-order valence-electron chi connectivity index (χ3n) is 2.33. The van der Waals surface area contributed by atoms with E-state index in [0.717, 1.165) is 12.8 Å². The topological polar surface area (TPSA) is 53.3 Å². The van der Waals surface area contributed by atoms with Crippen LogP contribution in [0.1, 0.15) is 18.9 Å². The SMILES string of the molecule is CCOC(O)C(=N)/C=C/CCc1ccccc1. The molecule has 0 spiro atoms. The summed E-state index contributed by atoms with van der Waals surface area (Å²) >= 11 is 0. The molecule has 1 rings (SSSR count). The summed E-state index contributed by atoms with van der Waals surface area (Å²) in [6.45, 7) is 2.19. The maximum Gasteiger partial charge on any atom is 0.197 e. The lowest BCUT2D eigenvalue weighted by atomic mass is 10.1. The number of rotatable bonds is 7. The van der Waals surface area contributed by atoms with Gasteiger partial charge in [-0.05, 0) is 31.4 Å². The van der Waals surface area contributed by atoms with E-state index < -0.39 is 6.29 Å². The molecule has 0 aliphatic rings. The first kappa shape index (κ1) is 13.6. The Balaban J connectivity index is 2.29. The molecule has 1 unspecified atom stereocenters. The molecule has 3 nitrogen and oxygen atoms in total. The first-order valence-corrected chi connectivity index (χ1v) is 5.82. The second-order valence-corrected chi connectivity index (χ2v) is 3.69. The molecule has 17 heavy (non-hydrogen) atoms. The number of allylic oxidation sites excluding steroid dienone is 1. The molecule has 92 valence electrons. The van der Waals surface area contributed by atoms with Crippen molar-refractivity contribution in [2.45, 2.75) is 26.1 Å². The Hall–Kier alpha value is -1.45. The van der Waals surface area contributed by atoms with E-state index >= 15 is 0 Å². The van der Waals surface area contributed by atoms with Crippen molar-refractivity contribution < 1.29 is 9.84 Å². The average molecular weight is 233 g/mol. The summed E-state index contributed by atoms with van der Waals surface area (Å²) in [6.07, 6.45) is 4.18. The largest absolute Gasteiger partial charge is 0.363 e. The molecule has 0 aliphatic heterocycles. The number of benzene rings is 1. The molecule has 0 saturated heterocycles. The lowest BCUT2D eigenvalue weighted by Crippen LogP contribution is -2.20. The molecule has 2 N–H and O–H groups in total. The molecule has 1 aromatic rings.